The molecule has 0 radical (unpaired) electrons. The average molecular weight is 160 g/mol. The van der Waals surface area contributed by atoms with Crippen LogP contribution in [-0.4, -0.2) is 14.7 Å². The van der Waals surface area contributed by atoms with Gasteiger partial charge in [0, 0.05) is 6.26 Å². The second-order valence-corrected chi connectivity index (χ2v) is 3.98. The summed E-state index contributed by atoms with van der Waals surface area (Å²) in [5.41, 5.74) is 0. The van der Waals surface area contributed by atoms with Crippen LogP contribution in [-0.2, 0) is 9.84 Å². The zero-order chi connectivity index (χ0) is 8.20. The van der Waals surface area contributed by atoms with Crippen LogP contribution in [0.5, 0.6) is 0 Å². The Morgan fingerprint density at radius 3 is 1.90 bits per heavy atom. The van der Waals surface area contributed by atoms with Gasteiger partial charge in [-0.15, -0.1) is 0 Å². The van der Waals surface area contributed by atoms with Crippen molar-refractivity contribution in [3.05, 3.63) is 23.1 Å². The van der Waals surface area contributed by atoms with Gasteiger partial charge in [-0.05, 0) is 19.9 Å². The van der Waals surface area contributed by atoms with Crippen LogP contribution < -0.4 is 0 Å². The predicted molar refractivity (Wildman–Crippen MR) is 43.4 cm³/mol. The fraction of sp³-hybridized carbons (Fsp3) is 0.429. The molecule has 0 aliphatic carbocycles. The summed E-state index contributed by atoms with van der Waals surface area (Å²) in [6, 6.07) is 0. The van der Waals surface area contributed by atoms with Crippen molar-refractivity contribution in [2.24, 2.45) is 0 Å². The minimum absolute atomic E-state index is 0.370. The molecular weight excluding hydrogens is 148 g/mol. The molecule has 0 aromatic rings. The molecule has 0 saturated heterocycles. The molecule has 0 aliphatic heterocycles. The second-order valence-electron chi connectivity index (χ2n) is 1.96. The maximum absolute atomic E-state index is 10.8. The van der Waals surface area contributed by atoms with Crippen LogP contribution >= 0.6 is 0 Å². The Morgan fingerprint density at radius 1 is 1.30 bits per heavy atom. The summed E-state index contributed by atoms with van der Waals surface area (Å²) < 4.78 is 21.7. The van der Waals surface area contributed by atoms with E-state index in [1.807, 2.05) is 0 Å². The van der Waals surface area contributed by atoms with E-state index in [1.165, 1.54) is 6.26 Å². The van der Waals surface area contributed by atoms with Gasteiger partial charge in [-0.1, -0.05) is 12.2 Å². The second kappa shape index (κ2) is 3.56. The highest BCUT2D eigenvalue weighted by molar-refractivity contribution is 7.94. The highest BCUT2D eigenvalue weighted by Gasteiger charge is 2.04. The van der Waals surface area contributed by atoms with Crippen molar-refractivity contribution in [1.82, 2.24) is 0 Å². The molecule has 10 heavy (non-hydrogen) atoms. The van der Waals surface area contributed by atoms with Gasteiger partial charge in [0.25, 0.3) is 0 Å². The topological polar surface area (TPSA) is 34.1 Å². The molecular formula is C7H12O2S. The molecule has 2 nitrogen and oxygen atoms in total. The summed E-state index contributed by atoms with van der Waals surface area (Å²) in [5, 5.41) is 0. The Balaban J connectivity index is 4.75. The van der Waals surface area contributed by atoms with Crippen molar-refractivity contribution in [3.8, 4) is 0 Å². The first kappa shape index (κ1) is 9.43. The highest BCUT2D eigenvalue weighted by Crippen LogP contribution is 2.04. The van der Waals surface area contributed by atoms with E-state index in [1.54, 1.807) is 32.1 Å². The third kappa shape index (κ3) is 2.82. The van der Waals surface area contributed by atoms with Crippen LogP contribution in [0.25, 0.3) is 0 Å². The van der Waals surface area contributed by atoms with Crippen LogP contribution in [0.3, 0.4) is 0 Å². The molecule has 0 aliphatic rings. The molecule has 0 fully saturated rings. The van der Waals surface area contributed by atoms with Crippen LogP contribution in [0.1, 0.15) is 13.8 Å². The zero-order valence-electron chi connectivity index (χ0n) is 6.46. The Labute approximate surface area is 62.2 Å². The zero-order valence-corrected chi connectivity index (χ0v) is 7.27. The molecule has 0 rings (SSSR count). The van der Waals surface area contributed by atoms with Crippen LogP contribution in [0.4, 0.5) is 0 Å². The Bertz CT molecular complexity index is 245. The summed E-state index contributed by atoms with van der Waals surface area (Å²) in [7, 11) is -3.00. The maximum atomic E-state index is 10.8. The number of rotatable bonds is 2. The van der Waals surface area contributed by atoms with Gasteiger partial charge in [0.2, 0.25) is 0 Å². The molecule has 0 bridgehead atoms. The number of hydrogen-bond donors (Lipinski definition) is 0. The largest absolute Gasteiger partial charge is 0.224 e. The first-order chi connectivity index (χ1) is 4.52. The minimum Gasteiger partial charge on any atom is -0.224 e. The average Bonchev–Trinajstić information content (AvgIpc) is 1.80. The number of allylic oxidation sites excluding steroid dienone is 3. The van der Waals surface area contributed by atoms with E-state index in [0.29, 0.717) is 4.91 Å². The molecule has 0 spiro atoms. The Morgan fingerprint density at radius 2 is 1.80 bits per heavy atom. The first-order valence-corrected chi connectivity index (χ1v) is 4.90. The van der Waals surface area contributed by atoms with Crippen molar-refractivity contribution in [1.29, 1.82) is 0 Å². The SMILES string of the molecule is CC=CC(=CC)S(C)(=O)=O. The molecule has 0 amide bonds. The van der Waals surface area contributed by atoms with Crippen molar-refractivity contribution in [3.63, 3.8) is 0 Å². The van der Waals surface area contributed by atoms with Crippen molar-refractivity contribution < 1.29 is 8.42 Å². The summed E-state index contributed by atoms with van der Waals surface area (Å²) in [4.78, 5) is 0.370. The van der Waals surface area contributed by atoms with E-state index in [-0.39, 0.29) is 0 Å². The molecule has 0 atom stereocenters. The van der Waals surface area contributed by atoms with Gasteiger partial charge in [-0.2, -0.15) is 0 Å². The van der Waals surface area contributed by atoms with Crippen LogP contribution in [0, 0.1) is 0 Å². The van der Waals surface area contributed by atoms with Gasteiger partial charge < -0.3 is 0 Å². The summed E-state index contributed by atoms with van der Waals surface area (Å²) in [6.07, 6.45) is 6.06. The summed E-state index contributed by atoms with van der Waals surface area (Å²) in [5.74, 6) is 0. The van der Waals surface area contributed by atoms with Gasteiger partial charge in [0.05, 0.1) is 4.91 Å². The quantitative estimate of drug-likeness (QED) is 0.574. The van der Waals surface area contributed by atoms with Crippen molar-refractivity contribution in [2.45, 2.75) is 13.8 Å². The summed E-state index contributed by atoms with van der Waals surface area (Å²) >= 11 is 0. The third-order valence-corrected chi connectivity index (χ3v) is 2.27. The molecule has 0 aromatic carbocycles. The van der Waals surface area contributed by atoms with Gasteiger partial charge in [-0.25, -0.2) is 8.42 Å². The van der Waals surface area contributed by atoms with E-state index in [9.17, 15) is 8.42 Å². The van der Waals surface area contributed by atoms with Crippen molar-refractivity contribution in [2.75, 3.05) is 6.26 Å². The fourth-order valence-corrected chi connectivity index (χ4v) is 1.41. The molecule has 0 N–H and O–H groups in total. The number of sulfone groups is 1. The molecule has 0 aromatic heterocycles. The third-order valence-electron chi connectivity index (χ3n) is 1.04. The first-order valence-electron chi connectivity index (χ1n) is 3.01. The normalized spacial score (nSPS) is 14.5. The molecule has 0 unspecified atom stereocenters. The predicted octanol–water partition coefficient (Wildman–Crippen LogP) is 1.51. The van der Waals surface area contributed by atoms with Crippen LogP contribution in [0.2, 0.25) is 0 Å². The van der Waals surface area contributed by atoms with Gasteiger partial charge in [0.1, 0.15) is 0 Å². The van der Waals surface area contributed by atoms with E-state index >= 15 is 0 Å². The molecule has 0 saturated carbocycles. The fourth-order valence-electron chi connectivity index (χ4n) is 0.598. The number of hydrogen-bond acceptors (Lipinski definition) is 2. The minimum atomic E-state index is -3.00. The molecule has 0 heterocycles. The lowest BCUT2D eigenvalue weighted by Crippen LogP contribution is -1.97. The molecule has 3 heteroatoms. The van der Waals surface area contributed by atoms with Gasteiger partial charge >= 0.3 is 0 Å². The van der Waals surface area contributed by atoms with E-state index in [0.717, 1.165) is 0 Å². The monoisotopic (exact) mass is 160 g/mol. The maximum Gasteiger partial charge on any atom is 0.175 e. The van der Waals surface area contributed by atoms with E-state index in [4.69, 9.17) is 0 Å². The Kier molecular flexibility index (Phi) is 3.36. The van der Waals surface area contributed by atoms with Crippen LogP contribution in [0.15, 0.2) is 23.1 Å². The lowest BCUT2D eigenvalue weighted by molar-refractivity contribution is 0.608. The lowest BCUT2D eigenvalue weighted by atomic mass is 10.4. The van der Waals surface area contributed by atoms with Gasteiger partial charge in [0.15, 0.2) is 9.84 Å². The van der Waals surface area contributed by atoms with E-state index in [2.05, 4.69) is 0 Å². The smallest absolute Gasteiger partial charge is 0.175 e. The standard InChI is InChI=1S/C7H12O2S/c1-4-6-7(5-2)10(3,8)9/h4-6H,1-3H3. The lowest BCUT2D eigenvalue weighted by Gasteiger charge is -1.94. The highest BCUT2D eigenvalue weighted by atomic mass is 32.2. The van der Waals surface area contributed by atoms with Gasteiger partial charge in [-0.3, -0.25) is 0 Å². The Hall–Kier alpha value is -0.570. The summed E-state index contributed by atoms with van der Waals surface area (Å²) in [6.45, 7) is 3.49. The van der Waals surface area contributed by atoms with E-state index < -0.39 is 9.84 Å². The van der Waals surface area contributed by atoms with Crippen molar-refractivity contribution >= 4 is 9.84 Å². The molecule has 58 valence electrons.